The van der Waals surface area contributed by atoms with Gasteiger partial charge in [0.1, 0.15) is 5.82 Å². The van der Waals surface area contributed by atoms with Crippen LogP contribution in [0.25, 0.3) is 0 Å². The summed E-state index contributed by atoms with van der Waals surface area (Å²) in [6.07, 6.45) is 4.41. The zero-order valence-electron chi connectivity index (χ0n) is 14.3. The monoisotopic (exact) mass is 458 g/mol. The normalized spacial score (nSPS) is 20.0. The Balaban J connectivity index is 2.21. The highest BCUT2D eigenvalue weighted by Crippen LogP contribution is 2.28. The number of hydrogen-bond acceptors (Lipinski definition) is 6. The molecule has 5 N–H and O–H groups in total. The van der Waals surface area contributed by atoms with Crippen LogP contribution in [0.1, 0.15) is 25.3 Å². The number of rotatable bonds is 4. The Labute approximate surface area is 160 Å². The molecule has 0 aliphatic carbocycles. The van der Waals surface area contributed by atoms with Crippen molar-refractivity contribution in [2.75, 3.05) is 34.4 Å². The average molecular weight is 458 g/mol. The molecule has 0 bridgehead atoms. The molecule has 0 spiro atoms. The van der Waals surface area contributed by atoms with Crippen molar-refractivity contribution in [3.63, 3.8) is 0 Å². The number of pyridine rings is 1. The largest absolute Gasteiger partial charge is 0.386 e. The lowest BCUT2D eigenvalue weighted by Gasteiger charge is -2.37. The summed E-state index contributed by atoms with van der Waals surface area (Å²) in [6.45, 7) is 2.67. The van der Waals surface area contributed by atoms with Crippen molar-refractivity contribution in [3.8, 4) is 0 Å². The first-order chi connectivity index (χ1) is 11.9. The third-order valence-corrected chi connectivity index (χ3v) is 5.38. The number of halogens is 1. The van der Waals surface area contributed by atoms with Crippen LogP contribution in [0.15, 0.2) is 6.20 Å². The fourth-order valence-corrected chi connectivity index (χ4v) is 3.89. The number of nitrogens with two attached hydrogens (primary N) is 1. The van der Waals surface area contributed by atoms with Crippen LogP contribution in [-0.4, -0.2) is 52.0 Å². The maximum Gasteiger partial charge on any atom is 0.314 e. The molecule has 0 aromatic carbocycles. The zero-order chi connectivity index (χ0) is 18.6. The van der Waals surface area contributed by atoms with Gasteiger partial charge in [-0.05, 0) is 18.8 Å². The van der Waals surface area contributed by atoms with Crippen molar-refractivity contribution in [1.82, 2.24) is 9.88 Å². The van der Waals surface area contributed by atoms with Gasteiger partial charge in [0.05, 0.1) is 23.1 Å². The maximum atomic E-state index is 12.6. The van der Waals surface area contributed by atoms with E-state index in [1.165, 1.54) is 6.20 Å². The van der Waals surface area contributed by atoms with Crippen molar-refractivity contribution in [2.24, 2.45) is 5.92 Å². The van der Waals surface area contributed by atoms with Gasteiger partial charge in [0, 0.05) is 30.3 Å². The number of likely N-dealkylation sites (tertiary alicyclic amines) is 1. The van der Waals surface area contributed by atoms with Gasteiger partial charge in [-0.2, -0.15) is 0 Å². The van der Waals surface area contributed by atoms with Crippen LogP contribution in [-0.2, 0) is 9.59 Å². The number of carbonyl (C=O) groups excluding carboxylic acids is 2. The van der Waals surface area contributed by atoms with Crippen molar-refractivity contribution >= 4 is 57.8 Å². The van der Waals surface area contributed by atoms with E-state index in [0.29, 0.717) is 29.4 Å². The van der Waals surface area contributed by atoms with Crippen molar-refractivity contribution in [1.29, 1.82) is 5.41 Å². The van der Waals surface area contributed by atoms with Gasteiger partial charge >= 0.3 is 11.8 Å². The molecule has 1 aliphatic rings. The van der Waals surface area contributed by atoms with Gasteiger partial charge in [0.15, 0.2) is 0 Å². The van der Waals surface area contributed by atoms with E-state index in [4.69, 9.17) is 11.1 Å². The van der Waals surface area contributed by atoms with Gasteiger partial charge in [0.2, 0.25) is 0 Å². The quantitative estimate of drug-likeness (QED) is 0.237. The van der Waals surface area contributed by atoms with E-state index in [1.54, 1.807) is 11.9 Å². The Bertz CT molecular complexity index is 681. The molecule has 2 rings (SSSR count). The van der Waals surface area contributed by atoms with E-state index in [2.05, 4.69) is 45.1 Å². The first-order valence-electron chi connectivity index (χ1n) is 8.07. The first-order valence-corrected chi connectivity index (χ1v) is 9.60. The van der Waals surface area contributed by atoms with Crippen LogP contribution in [0.4, 0.5) is 17.2 Å². The van der Waals surface area contributed by atoms with Crippen LogP contribution < -0.4 is 16.4 Å². The molecule has 25 heavy (non-hydrogen) atoms. The molecule has 2 amide bonds. The molecular weight excluding hydrogens is 435 g/mol. The van der Waals surface area contributed by atoms with E-state index in [9.17, 15) is 9.59 Å². The van der Waals surface area contributed by atoms with Gasteiger partial charge in [-0.25, -0.2) is 4.98 Å². The molecule has 1 saturated heterocycles. The SMILES string of the molecule is CNc1c(NC(=O)C(=O)N2C[C@@H](C)CC[C@@H]2CI)cnc(N)c1C=N. The Morgan fingerprint density at radius 3 is 2.84 bits per heavy atom. The van der Waals surface area contributed by atoms with E-state index in [0.717, 1.165) is 23.5 Å². The lowest BCUT2D eigenvalue weighted by atomic mass is 9.95. The third-order valence-electron chi connectivity index (χ3n) is 4.36. The van der Waals surface area contributed by atoms with Gasteiger partial charge in [-0.1, -0.05) is 29.5 Å². The molecule has 0 radical (unpaired) electrons. The molecule has 2 atom stereocenters. The highest BCUT2D eigenvalue weighted by atomic mass is 127. The van der Waals surface area contributed by atoms with E-state index < -0.39 is 11.8 Å². The summed E-state index contributed by atoms with van der Waals surface area (Å²) >= 11 is 2.25. The van der Waals surface area contributed by atoms with Crippen LogP contribution in [0.3, 0.4) is 0 Å². The fraction of sp³-hybridized carbons (Fsp3) is 0.500. The minimum Gasteiger partial charge on any atom is -0.386 e. The second-order valence-electron chi connectivity index (χ2n) is 6.14. The Kier molecular flexibility index (Phi) is 6.57. The highest BCUT2D eigenvalue weighted by molar-refractivity contribution is 14.1. The number of anilines is 3. The summed E-state index contributed by atoms with van der Waals surface area (Å²) in [4.78, 5) is 30.8. The van der Waals surface area contributed by atoms with Crippen molar-refractivity contribution in [3.05, 3.63) is 11.8 Å². The number of nitrogens with zero attached hydrogens (tertiary/aromatic N) is 2. The molecule has 1 aromatic heterocycles. The van der Waals surface area contributed by atoms with Gasteiger partial charge in [-0.15, -0.1) is 0 Å². The number of piperidine rings is 1. The number of nitrogen functional groups attached to an aromatic ring is 1. The number of amides is 2. The molecule has 1 aromatic rings. The first kappa shape index (κ1) is 19.4. The summed E-state index contributed by atoms with van der Waals surface area (Å²) in [5, 5.41) is 13.0. The Morgan fingerprint density at radius 1 is 1.52 bits per heavy atom. The number of aromatic nitrogens is 1. The number of hydrogen-bond donors (Lipinski definition) is 4. The van der Waals surface area contributed by atoms with E-state index in [1.807, 2.05) is 0 Å². The molecule has 0 saturated carbocycles. The predicted molar refractivity (Wildman–Crippen MR) is 107 cm³/mol. The van der Waals surface area contributed by atoms with Gasteiger partial charge < -0.3 is 26.7 Å². The predicted octanol–water partition coefficient (Wildman–Crippen LogP) is 1.70. The minimum atomic E-state index is -0.706. The highest BCUT2D eigenvalue weighted by Gasteiger charge is 2.33. The maximum absolute atomic E-state index is 12.6. The number of carbonyl (C=O) groups is 2. The lowest BCUT2D eigenvalue weighted by Crippen LogP contribution is -2.51. The summed E-state index contributed by atoms with van der Waals surface area (Å²) in [5.41, 5.74) is 6.89. The van der Waals surface area contributed by atoms with Crippen LogP contribution in [0.2, 0.25) is 0 Å². The van der Waals surface area contributed by atoms with Crippen LogP contribution in [0, 0.1) is 11.3 Å². The molecule has 0 unspecified atom stereocenters. The van der Waals surface area contributed by atoms with E-state index >= 15 is 0 Å². The topological polar surface area (TPSA) is 124 Å². The molecule has 2 heterocycles. The summed E-state index contributed by atoms with van der Waals surface area (Å²) in [5.74, 6) is -0.684. The summed E-state index contributed by atoms with van der Waals surface area (Å²) in [6, 6.07) is 0.0838. The van der Waals surface area contributed by atoms with Gasteiger partial charge in [0.25, 0.3) is 0 Å². The second-order valence-corrected chi connectivity index (χ2v) is 7.02. The zero-order valence-corrected chi connectivity index (χ0v) is 16.5. The molecule has 1 aliphatic heterocycles. The van der Waals surface area contributed by atoms with Crippen molar-refractivity contribution in [2.45, 2.75) is 25.8 Å². The molecular formula is C16H23IN6O2. The van der Waals surface area contributed by atoms with Crippen LogP contribution in [0.5, 0.6) is 0 Å². The molecule has 8 nitrogen and oxygen atoms in total. The fourth-order valence-electron chi connectivity index (χ4n) is 2.98. The second kappa shape index (κ2) is 8.45. The van der Waals surface area contributed by atoms with Gasteiger partial charge in [-0.3, -0.25) is 9.59 Å². The third kappa shape index (κ3) is 4.20. The van der Waals surface area contributed by atoms with Crippen LogP contribution >= 0.6 is 22.6 Å². The minimum absolute atomic E-state index is 0.0838. The molecule has 136 valence electrons. The number of alkyl halides is 1. The lowest BCUT2D eigenvalue weighted by molar-refractivity contribution is -0.146. The standard InChI is InChI=1S/C16H23IN6O2/c1-9-3-4-10(5-17)23(8-9)16(25)15(24)22-12-7-21-14(19)11(6-18)13(12)20-2/h6-7,9-10,18H,3-5,8H2,1-2H3,(H,22,24)(H3,19,20,21)/t9-,10+/m0/s1. The average Bonchev–Trinajstić information content (AvgIpc) is 2.61. The molecule has 9 heteroatoms. The van der Waals surface area contributed by atoms with Crippen molar-refractivity contribution < 1.29 is 9.59 Å². The van der Waals surface area contributed by atoms with E-state index in [-0.39, 0.29) is 11.9 Å². The summed E-state index contributed by atoms with van der Waals surface area (Å²) < 4.78 is 0.798. The number of nitrogens with one attached hydrogen (secondary N) is 3. The Morgan fingerprint density at radius 2 is 2.24 bits per heavy atom. The molecule has 1 fully saturated rings. The summed E-state index contributed by atoms with van der Waals surface area (Å²) in [7, 11) is 1.65. The Hall–Kier alpha value is -1.91. The smallest absolute Gasteiger partial charge is 0.314 e.